The molecule has 0 fully saturated rings. The van der Waals surface area contributed by atoms with Crippen molar-refractivity contribution in [2.75, 3.05) is 5.73 Å². The molecule has 0 unspecified atom stereocenters. The first-order chi connectivity index (χ1) is 8.13. The van der Waals surface area contributed by atoms with Gasteiger partial charge in [0.25, 0.3) is 0 Å². The van der Waals surface area contributed by atoms with Gasteiger partial charge in [0.05, 0.1) is 11.4 Å². The first kappa shape index (κ1) is 11.6. The van der Waals surface area contributed by atoms with Gasteiger partial charge in [-0.25, -0.2) is 15.0 Å². The summed E-state index contributed by atoms with van der Waals surface area (Å²) in [5, 5.41) is 0. The Morgan fingerprint density at radius 2 is 1.94 bits per heavy atom. The maximum atomic E-state index is 5.92. The number of nitrogen functional groups attached to an aromatic ring is 1. The summed E-state index contributed by atoms with van der Waals surface area (Å²) in [6.45, 7) is 6.86. The molecule has 0 saturated carbocycles. The van der Waals surface area contributed by atoms with Crippen molar-refractivity contribution < 1.29 is 0 Å². The van der Waals surface area contributed by atoms with E-state index in [0.717, 1.165) is 30.2 Å². The summed E-state index contributed by atoms with van der Waals surface area (Å²) in [4.78, 5) is 13.1. The second kappa shape index (κ2) is 4.53. The molecule has 17 heavy (non-hydrogen) atoms. The predicted octanol–water partition coefficient (Wildman–Crippen LogP) is 1.95. The van der Waals surface area contributed by atoms with Crippen LogP contribution < -0.4 is 5.73 Å². The normalized spacial score (nSPS) is 10.8. The van der Waals surface area contributed by atoms with Gasteiger partial charge in [-0.2, -0.15) is 0 Å². The van der Waals surface area contributed by atoms with Gasteiger partial charge in [-0.15, -0.1) is 0 Å². The van der Waals surface area contributed by atoms with Crippen molar-refractivity contribution in [1.29, 1.82) is 0 Å². The van der Waals surface area contributed by atoms with E-state index in [-0.39, 0.29) is 0 Å². The third kappa shape index (κ3) is 2.13. The smallest absolute Gasteiger partial charge is 0.162 e. The molecule has 2 N–H and O–H groups in total. The van der Waals surface area contributed by atoms with Gasteiger partial charge in [-0.1, -0.05) is 6.92 Å². The maximum Gasteiger partial charge on any atom is 0.162 e. The summed E-state index contributed by atoms with van der Waals surface area (Å²) in [5.41, 5.74) is 8.34. The van der Waals surface area contributed by atoms with Gasteiger partial charge in [0.15, 0.2) is 11.6 Å². The molecule has 90 valence electrons. The van der Waals surface area contributed by atoms with Crippen LogP contribution in [0.1, 0.15) is 24.7 Å². The summed E-state index contributed by atoms with van der Waals surface area (Å²) in [7, 11) is 0. The Hall–Kier alpha value is -1.91. The van der Waals surface area contributed by atoms with Crippen LogP contribution in [0.2, 0.25) is 0 Å². The number of aryl methyl sites for hydroxylation is 3. The van der Waals surface area contributed by atoms with E-state index >= 15 is 0 Å². The minimum atomic E-state index is 0.441. The van der Waals surface area contributed by atoms with Crippen LogP contribution in [0.3, 0.4) is 0 Å². The van der Waals surface area contributed by atoms with E-state index in [1.165, 1.54) is 0 Å². The zero-order valence-electron chi connectivity index (χ0n) is 10.4. The summed E-state index contributed by atoms with van der Waals surface area (Å²) in [6.07, 6.45) is 4.75. The topological polar surface area (TPSA) is 69.6 Å². The number of nitrogens with zero attached hydrogens (tertiary/aromatic N) is 4. The van der Waals surface area contributed by atoms with Gasteiger partial charge in [0.2, 0.25) is 0 Å². The number of imidazole rings is 1. The van der Waals surface area contributed by atoms with Crippen LogP contribution in [0.4, 0.5) is 5.82 Å². The molecule has 0 saturated heterocycles. The predicted molar refractivity (Wildman–Crippen MR) is 67.4 cm³/mol. The van der Waals surface area contributed by atoms with E-state index in [4.69, 9.17) is 5.73 Å². The van der Waals surface area contributed by atoms with Crippen molar-refractivity contribution in [2.45, 2.75) is 33.7 Å². The highest BCUT2D eigenvalue weighted by Crippen LogP contribution is 2.21. The lowest BCUT2D eigenvalue weighted by Gasteiger charge is -2.09. The largest absolute Gasteiger partial charge is 0.382 e. The zero-order valence-corrected chi connectivity index (χ0v) is 10.4. The van der Waals surface area contributed by atoms with Gasteiger partial charge in [-0.3, -0.25) is 0 Å². The molecule has 0 aliphatic carbocycles. The third-order valence-electron chi connectivity index (χ3n) is 2.73. The monoisotopic (exact) mass is 231 g/mol. The highest BCUT2D eigenvalue weighted by Gasteiger charge is 2.13. The van der Waals surface area contributed by atoms with Crippen LogP contribution in [-0.4, -0.2) is 19.5 Å². The zero-order chi connectivity index (χ0) is 12.4. The molecule has 0 aliphatic heterocycles. The fourth-order valence-electron chi connectivity index (χ4n) is 1.73. The van der Waals surface area contributed by atoms with Crippen LogP contribution in [0.15, 0.2) is 12.4 Å². The molecular weight excluding hydrogens is 214 g/mol. The van der Waals surface area contributed by atoms with Crippen LogP contribution in [0, 0.1) is 13.8 Å². The summed E-state index contributed by atoms with van der Waals surface area (Å²) < 4.78 is 2.05. The molecule has 2 rings (SSSR count). The average Bonchev–Trinajstić information content (AvgIpc) is 2.72. The Bertz CT molecular complexity index is 530. The van der Waals surface area contributed by atoms with Crippen LogP contribution in [0.25, 0.3) is 11.5 Å². The third-order valence-corrected chi connectivity index (χ3v) is 2.73. The Morgan fingerprint density at radius 1 is 1.24 bits per heavy atom. The van der Waals surface area contributed by atoms with Crippen molar-refractivity contribution in [3.8, 4) is 11.5 Å². The fraction of sp³-hybridized carbons (Fsp3) is 0.417. The van der Waals surface area contributed by atoms with Gasteiger partial charge >= 0.3 is 0 Å². The number of hydrogen-bond acceptors (Lipinski definition) is 4. The van der Waals surface area contributed by atoms with E-state index in [2.05, 4.69) is 26.4 Å². The van der Waals surface area contributed by atoms with Gasteiger partial charge < -0.3 is 10.3 Å². The first-order valence-electron chi connectivity index (χ1n) is 5.75. The van der Waals surface area contributed by atoms with Gasteiger partial charge in [0.1, 0.15) is 5.69 Å². The quantitative estimate of drug-likeness (QED) is 0.876. The van der Waals surface area contributed by atoms with Crippen molar-refractivity contribution in [1.82, 2.24) is 19.5 Å². The molecule has 0 atom stereocenters. The molecule has 0 bridgehead atoms. The number of aromatic nitrogens is 4. The molecule has 0 aliphatic rings. The number of rotatable bonds is 3. The average molecular weight is 231 g/mol. The van der Waals surface area contributed by atoms with E-state index < -0.39 is 0 Å². The van der Waals surface area contributed by atoms with Crippen molar-refractivity contribution in [3.63, 3.8) is 0 Å². The standard InChI is InChI=1S/C12H17N5/c1-4-6-17-7-5-14-12(17)10-11(13)16-9(3)8(2)15-10/h5,7H,4,6H2,1-3H3,(H2,13,16). The number of hydrogen-bond donors (Lipinski definition) is 1. The summed E-state index contributed by atoms with van der Waals surface area (Å²) in [6, 6.07) is 0. The van der Waals surface area contributed by atoms with Crippen molar-refractivity contribution in [2.24, 2.45) is 0 Å². The van der Waals surface area contributed by atoms with E-state index in [0.29, 0.717) is 11.5 Å². The Kier molecular flexibility index (Phi) is 3.08. The SMILES string of the molecule is CCCn1ccnc1-c1nc(C)c(C)nc1N. The molecule has 0 aromatic carbocycles. The lowest BCUT2D eigenvalue weighted by Crippen LogP contribution is -2.06. The van der Waals surface area contributed by atoms with Gasteiger partial charge in [-0.05, 0) is 20.3 Å². The molecule has 0 spiro atoms. The second-order valence-electron chi connectivity index (χ2n) is 4.07. The highest BCUT2D eigenvalue weighted by atomic mass is 15.1. The Labute approximate surface area is 101 Å². The fourth-order valence-corrected chi connectivity index (χ4v) is 1.73. The van der Waals surface area contributed by atoms with E-state index in [9.17, 15) is 0 Å². The van der Waals surface area contributed by atoms with Crippen LogP contribution >= 0.6 is 0 Å². The summed E-state index contributed by atoms with van der Waals surface area (Å²) >= 11 is 0. The minimum absolute atomic E-state index is 0.441. The number of nitrogens with two attached hydrogens (primary N) is 1. The highest BCUT2D eigenvalue weighted by molar-refractivity contribution is 5.64. The second-order valence-corrected chi connectivity index (χ2v) is 4.07. The Morgan fingerprint density at radius 3 is 2.65 bits per heavy atom. The molecule has 0 amide bonds. The molecule has 2 aromatic rings. The molecule has 0 radical (unpaired) electrons. The maximum absolute atomic E-state index is 5.92. The molecule has 5 heteroatoms. The molecule has 2 aromatic heterocycles. The van der Waals surface area contributed by atoms with Crippen molar-refractivity contribution in [3.05, 3.63) is 23.8 Å². The van der Waals surface area contributed by atoms with Gasteiger partial charge in [0, 0.05) is 18.9 Å². The lowest BCUT2D eigenvalue weighted by atomic mass is 10.3. The van der Waals surface area contributed by atoms with E-state index in [1.54, 1.807) is 6.20 Å². The molecular formula is C12H17N5. The number of anilines is 1. The van der Waals surface area contributed by atoms with E-state index in [1.807, 2.05) is 20.0 Å². The molecule has 5 nitrogen and oxygen atoms in total. The lowest BCUT2D eigenvalue weighted by molar-refractivity contribution is 0.683. The van der Waals surface area contributed by atoms with Crippen molar-refractivity contribution >= 4 is 5.82 Å². The van der Waals surface area contributed by atoms with Crippen LogP contribution in [0.5, 0.6) is 0 Å². The first-order valence-corrected chi connectivity index (χ1v) is 5.75. The minimum Gasteiger partial charge on any atom is -0.382 e. The molecule has 2 heterocycles. The Balaban J connectivity index is 2.52. The van der Waals surface area contributed by atoms with Crippen LogP contribution in [-0.2, 0) is 6.54 Å². The summed E-state index contributed by atoms with van der Waals surface area (Å²) in [5.74, 6) is 1.23.